The number of aromatic nitrogens is 1. The van der Waals surface area contributed by atoms with Gasteiger partial charge in [-0.3, -0.25) is 9.59 Å². The third-order valence-corrected chi connectivity index (χ3v) is 4.07. The van der Waals surface area contributed by atoms with E-state index >= 15 is 0 Å². The van der Waals surface area contributed by atoms with Gasteiger partial charge in [-0.05, 0) is 18.2 Å². The minimum Gasteiger partial charge on any atom is -0.477 e. The molecule has 0 fully saturated rings. The summed E-state index contributed by atoms with van der Waals surface area (Å²) >= 11 is 6.08. The predicted molar refractivity (Wildman–Crippen MR) is 94.2 cm³/mol. The summed E-state index contributed by atoms with van der Waals surface area (Å²) < 4.78 is 0. The highest BCUT2D eigenvalue weighted by Crippen LogP contribution is 2.27. The van der Waals surface area contributed by atoms with Gasteiger partial charge in [-0.1, -0.05) is 41.9 Å². The van der Waals surface area contributed by atoms with E-state index in [9.17, 15) is 14.4 Å². The van der Waals surface area contributed by atoms with Crippen LogP contribution in [0.1, 0.15) is 32.3 Å². The van der Waals surface area contributed by atoms with Crippen LogP contribution in [0, 0.1) is 0 Å². The average molecular weight is 357 g/mol. The average Bonchev–Trinajstić information content (AvgIpc) is 2.60. The van der Waals surface area contributed by atoms with Gasteiger partial charge in [0.25, 0.3) is 5.56 Å². The number of aromatic carboxylic acids is 1. The number of nitrogens with one attached hydrogen (secondary N) is 1. The molecule has 0 aliphatic heterocycles. The fourth-order valence-corrected chi connectivity index (χ4v) is 2.87. The van der Waals surface area contributed by atoms with Crippen LogP contribution < -0.4 is 11.3 Å². The zero-order chi connectivity index (χ0) is 18.1. The number of hydrogen-bond acceptors (Lipinski definition) is 4. The summed E-state index contributed by atoms with van der Waals surface area (Å²) in [6.45, 7) is 0. The Bertz CT molecular complexity index is 1040. The van der Waals surface area contributed by atoms with E-state index in [0.717, 1.165) is 0 Å². The Kier molecular flexibility index (Phi) is 4.39. The standard InChI is InChI=1S/C18H13ClN2O4/c19-11-6-10-7-13(18(24)25)17(23)21-15(10)12(8-11)14(20)16(22)9-4-2-1-3-5-9/h1-8,14H,20H2,(H,21,23)(H,24,25). The van der Waals surface area contributed by atoms with E-state index in [1.165, 1.54) is 18.2 Å². The normalized spacial score (nSPS) is 12.1. The lowest BCUT2D eigenvalue weighted by atomic mass is 9.95. The number of aromatic amines is 1. The molecule has 3 aromatic rings. The lowest BCUT2D eigenvalue weighted by molar-refractivity contribution is 0.0695. The minimum absolute atomic E-state index is 0.280. The van der Waals surface area contributed by atoms with Gasteiger partial charge in [0, 0.05) is 21.5 Å². The molecule has 0 saturated carbocycles. The first-order chi connectivity index (χ1) is 11.9. The molecule has 0 saturated heterocycles. The van der Waals surface area contributed by atoms with E-state index in [1.807, 2.05) is 0 Å². The Labute approximate surface area is 146 Å². The number of rotatable bonds is 4. The van der Waals surface area contributed by atoms with Crippen molar-refractivity contribution in [3.63, 3.8) is 0 Å². The first kappa shape index (κ1) is 16.9. The van der Waals surface area contributed by atoms with Crippen LogP contribution >= 0.6 is 11.6 Å². The van der Waals surface area contributed by atoms with Gasteiger partial charge in [0.05, 0.1) is 11.6 Å². The van der Waals surface area contributed by atoms with Crippen LogP contribution in [-0.4, -0.2) is 21.8 Å². The Hall–Kier alpha value is -2.96. The molecule has 7 heteroatoms. The molecule has 0 spiro atoms. The SMILES string of the molecule is NC(C(=O)c1ccccc1)c1cc(Cl)cc2cc(C(=O)O)c(=O)[nH]c12. The van der Waals surface area contributed by atoms with Crippen molar-refractivity contribution in [2.24, 2.45) is 5.73 Å². The fraction of sp³-hybridized carbons (Fsp3) is 0.0556. The number of carboxylic acids is 1. The molecule has 0 bridgehead atoms. The molecule has 2 aromatic carbocycles. The maximum atomic E-state index is 12.6. The number of carboxylic acid groups (broad SMARTS) is 1. The number of H-pyrrole nitrogens is 1. The zero-order valence-electron chi connectivity index (χ0n) is 12.8. The smallest absolute Gasteiger partial charge is 0.341 e. The van der Waals surface area contributed by atoms with Crippen LogP contribution in [-0.2, 0) is 0 Å². The number of hydrogen-bond donors (Lipinski definition) is 3. The third kappa shape index (κ3) is 3.17. The summed E-state index contributed by atoms with van der Waals surface area (Å²) in [6, 6.07) is 11.6. The van der Waals surface area contributed by atoms with Crippen LogP contribution in [0.2, 0.25) is 5.02 Å². The second-order valence-corrected chi connectivity index (χ2v) is 5.92. The summed E-state index contributed by atoms with van der Waals surface area (Å²) in [5.41, 5.74) is 5.95. The maximum Gasteiger partial charge on any atom is 0.341 e. The van der Waals surface area contributed by atoms with Gasteiger partial charge in [-0.2, -0.15) is 0 Å². The Morgan fingerprint density at radius 1 is 1.12 bits per heavy atom. The molecule has 0 aliphatic rings. The first-order valence-corrected chi connectivity index (χ1v) is 7.71. The summed E-state index contributed by atoms with van der Waals surface area (Å²) in [5, 5.41) is 9.74. The topological polar surface area (TPSA) is 113 Å². The van der Waals surface area contributed by atoms with Crippen LogP contribution in [0.3, 0.4) is 0 Å². The van der Waals surface area contributed by atoms with Crippen molar-refractivity contribution in [2.45, 2.75) is 6.04 Å². The van der Waals surface area contributed by atoms with Crippen molar-refractivity contribution in [1.29, 1.82) is 0 Å². The van der Waals surface area contributed by atoms with Gasteiger partial charge < -0.3 is 15.8 Å². The second kappa shape index (κ2) is 6.51. The van der Waals surface area contributed by atoms with Gasteiger partial charge in [-0.25, -0.2) is 4.79 Å². The molecule has 1 aromatic heterocycles. The van der Waals surface area contributed by atoms with Gasteiger partial charge in [0.15, 0.2) is 5.78 Å². The van der Waals surface area contributed by atoms with Crippen molar-refractivity contribution in [3.8, 4) is 0 Å². The number of benzene rings is 2. The molecule has 1 atom stereocenters. The summed E-state index contributed by atoms with van der Waals surface area (Å²) in [5.74, 6) is -1.69. The molecule has 1 unspecified atom stereocenters. The molecule has 0 aliphatic carbocycles. The first-order valence-electron chi connectivity index (χ1n) is 7.33. The number of nitrogens with two attached hydrogens (primary N) is 1. The second-order valence-electron chi connectivity index (χ2n) is 5.48. The Balaban J connectivity index is 2.19. The quantitative estimate of drug-likeness (QED) is 0.622. The van der Waals surface area contributed by atoms with Crippen molar-refractivity contribution < 1.29 is 14.7 Å². The molecule has 0 amide bonds. The van der Waals surface area contributed by atoms with Gasteiger partial charge in [0.2, 0.25) is 0 Å². The number of ketones is 1. The van der Waals surface area contributed by atoms with E-state index in [2.05, 4.69) is 4.98 Å². The number of fused-ring (bicyclic) bond motifs is 1. The Morgan fingerprint density at radius 2 is 1.80 bits per heavy atom. The van der Waals surface area contributed by atoms with E-state index in [-0.39, 0.29) is 16.3 Å². The summed E-state index contributed by atoms with van der Waals surface area (Å²) in [7, 11) is 0. The maximum absolute atomic E-state index is 12.6. The van der Waals surface area contributed by atoms with E-state index in [1.54, 1.807) is 30.3 Å². The molecule has 3 rings (SSSR count). The number of carbonyl (C=O) groups is 2. The molecule has 1 heterocycles. The number of Topliss-reactive ketones (excluding diaryl/α,β-unsaturated/α-hetero) is 1. The molecular formula is C18H13ClN2O4. The summed E-state index contributed by atoms with van der Waals surface area (Å²) in [4.78, 5) is 38.2. The van der Waals surface area contributed by atoms with Crippen molar-refractivity contribution >= 4 is 34.3 Å². The minimum atomic E-state index is -1.35. The predicted octanol–water partition coefficient (Wildman–Crippen LogP) is 2.76. The summed E-state index contributed by atoms with van der Waals surface area (Å²) in [6.07, 6.45) is 0. The van der Waals surface area contributed by atoms with Crippen LogP contribution in [0.4, 0.5) is 0 Å². The third-order valence-electron chi connectivity index (χ3n) is 3.85. The number of halogens is 1. The fourth-order valence-electron chi connectivity index (χ4n) is 2.64. The molecule has 126 valence electrons. The van der Waals surface area contributed by atoms with Crippen LogP contribution in [0.25, 0.3) is 10.9 Å². The van der Waals surface area contributed by atoms with Crippen LogP contribution in [0.5, 0.6) is 0 Å². The highest BCUT2D eigenvalue weighted by molar-refractivity contribution is 6.31. The van der Waals surface area contributed by atoms with Crippen molar-refractivity contribution in [2.75, 3.05) is 0 Å². The van der Waals surface area contributed by atoms with Gasteiger partial charge in [-0.15, -0.1) is 0 Å². The molecule has 6 nitrogen and oxygen atoms in total. The van der Waals surface area contributed by atoms with Crippen molar-refractivity contribution in [3.05, 3.63) is 80.6 Å². The molecule has 4 N–H and O–H groups in total. The lowest BCUT2D eigenvalue weighted by Gasteiger charge is -2.14. The largest absolute Gasteiger partial charge is 0.477 e. The molecule has 0 radical (unpaired) electrons. The monoisotopic (exact) mass is 356 g/mol. The lowest BCUT2D eigenvalue weighted by Crippen LogP contribution is -2.24. The van der Waals surface area contributed by atoms with E-state index in [0.29, 0.717) is 16.5 Å². The van der Waals surface area contributed by atoms with Crippen molar-refractivity contribution in [1.82, 2.24) is 4.98 Å². The van der Waals surface area contributed by atoms with Crippen LogP contribution in [0.15, 0.2) is 53.3 Å². The van der Waals surface area contributed by atoms with Gasteiger partial charge in [0.1, 0.15) is 5.56 Å². The molecule has 25 heavy (non-hydrogen) atoms. The van der Waals surface area contributed by atoms with Gasteiger partial charge >= 0.3 is 5.97 Å². The highest BCUT2D eigenvalue weighted by Gasteiger charge is 2.22. The highest BCUT2D eigenvalue weighted by atomic mass is 35.5. The van der Waals surface area contributed by atoms with E-state index in [4.69, 9.17) is 22.4 Å². The number of pyridine rings is 1. The zero-order valence-corrected chi connectivity index (χ0v) is 13.6. The Morgan fingerprint density at radius 3 is 2.44 bits per heavy atom. The molecular weight excluding hydrogens is 344 g/mol. The van der Waals surface area contributed by atoms with E-state index < -0.39 is 23.1 Å². The number of carbonyl (C=O) groups excluding carboxylic acids is 1.